The van der Waals surface area contributed by atoms with Crippen LogP contribution in [-0.4, -0.2) is 40.5 Å². The predicted molar refractivity (Wildman–Crippen MR) is 154 cm³/mol. The Hall–Kier alpha value is -1.85. The van der Waals surface area contributed by atoms with Gasteiger partial charge in [0, 0.05) is 0 Å². The number of fused-ring (bicyclic) bond motifs is 2. The summed E-state index contributed by atoms with van der Waals surface area (Å²) in [6.07, 6.45) is 14.3. The van der Waals surface area contributed by atoms with Gasteiger partial charge in [-0.05, 0) is 0 Å². The summed E-state index contributed by atoms with van der Waals surface area (Å²) in [4.78, 5) is 13.7. The predicted octanol–water partition coefficient (Wildman–Crippen LogP) is 6.87. The van der Waals surface area contributed by atoms with Crippen LogP contribution in [0.5, 0.6) is 0 Å². The third kappa shape index (κ3) is 8.91. The number of carbonyl (C=O) groups excluding carboxylic acids is 1. The fraction of sp³-hybridized carbons (Fsp3) is 0.500. The van der Waals surface area contributed by atoms with E-state index in [4.69, 9.17) is 8.56 Å². The Balaban J connectivity index is 1.97. The molecule has 196 valence electrons. The van der Waals surface area contributed by atoms with Gasteiger partial charge >= 0.3 is 226 Å². The molecule has 0 unspecified atom stereocenters. The Bertz CT molecular complexity index is 1020. The van der Waals surface area contributed by atoms with Crippen LogP contribution in [0.2, 0.25) is 25.7 Å². The van der Waals surface area contributed by atoms with Gasteiger partial charge in [-0.15, -0.1) is 0 Å². The first-order valence-electron chi connectivity index (χ1n) is 13.3. The van der Waals surface area contributed by atoms with Crippen LogP contribution in [0.3, 0.4) is 0 Å². The molecule has 1 atom stereocenters. The fourth-order valence-corrected chi connectivity index (χ4v) is 6.21. The summed E-state index contributed by atoms with van der Waals surface area (Å²) < 4.78 is 15.3. The standard InChI is InChI=1S/C30H43NO3SeSi/c1-24(2)27-19-15-10-8-6-7-9-12-16-25-22-28(27)29(31(25)23-33-20-21-36(3,4)5)30(32)34-35-26-17-13-11-14-18-26/h6,8,11,13-15,17-19,22,24,27H,7,9-10,12,16,20-21,23H2,1-5H3/b8-6-,19-15-/t27-/m1/s1. The van der Waals surface area contributed by atoms with E-state index in [0.29, 0.717) is 18.3 Å². The molecule has 0 amide bonds. The van der Waals surface area contributed by atoms with E-state index >= 15 is 0 Å². The Kier molecular flexibility index (Phi) is 11.3. The molecular weight excluding hydrogens is 529 g/mol. The molecule has 3 rings (SSSR count). The van der Waals surface area contributed by atoms with Gasteiger partial charge in [-0.1, -0.05) is 0 Å². The topological polar surface area (TPSA) is 40.5 Å². The molecule has 0 radical (unpaired) electrons. The summed E-state index contributed by atoms with van der Waals surface area (Å²) in [5.74, 6) is 0.269. The van der Waals surface area contributed by atoms with Gasteiger partial charge in [-0.3, -0.25) is 0 Å². The van der Waals surface area contributed by atoms with Gasteiger partial charge in [0.25, 0.3) is 0 Å². The number of hydrogen-bond acceptors (Lipinski definition) is 3. The first-order valence-corrected chi connectivity index (χ1v) is 18.6. The molecule has 4 nitrogen and oxygen atoms in total. The molecule has 0 saturated heterocycles. The van der Waals surface area contributed by atoms with E-state index in [-0.39, 0.29) is 27.2 Å². The van der Waals surface area contributed by atoms with Crippen LogP contribution in [0.25, 0.3) is 0 Å². The van der Waals surface area contributed by atoms with Gasteiger partial charge < -0.3 is 0 Å². The van der Waals surface area contributed by atoms with Crippen LogP contribution in [0.4, 0.5) is 0 Å². The zero-order valence-corrected chi connectivity index (χ0v) is 25.4. The van der Waals surface area contributed by atoms with E-state index in [1.54, 1.807) is 0 Å². The molecule has 6 heteroatoms. The van der Waals surface area contributed by atoms with Crippen molar-refractivity contribution < 1.29 is 13.4 Å². The first-order chi connectivity index (χ1) is 17.3. The molecule has 1 aliphatic carbocycles. The van der Waals surface area contributed by atoms with Gasteiger partial charge in [-0.2, -0.15) is 0 Å². The maximum absolute atomic E-state index is 13.7. The number of ether oxygens (including phenoxy) is 1. The van der Waals surface area contributed by atoms with Gasteiger partial charge in [0.05, 0.1) is 0 Å². The molecule has 2 aromatic rings. The molecule has 0 N–H and O–H groups in total. The minimum atomic E-state index is -1.20. The quantitative estimate of drug-likeness (QED) is 0.187. The average Bonchev–Trinajstić information content (AvgIpc) is 3.19. The van der Waals surface area contributed by atoms with Crippen LogP contribution in [0.1, 0.15) is 67.2 Å². The zero-order valence-electron chi connectivity index (χ0n) is 22.7. The first kappa shape index (κ1) is 28.7. The molecule has 1 aromatic heterocycles. The summed E-state index contributed by atoms with van der Waals surface area (Å²) in [6, 6.07) is 13.4. The second-order valence-electron chi connectivity index (χ2n) is 11.1. The van der Waals surface area contributed by atoms with Crippen molar-refractivity contribution >= 4 is 33.8 Å². The van der Waals surface area contributed by atoms with Crippen molar-refractivity contribution in [1.29, 1.82) is 0 Å². The Morgan fingerprint density at radius 3 is 2.61 bits per heavy atom. The van der Waals surface area contributed by atoms with Gasteiger partial charge in [0.15, 0.2) is 0 Å². The number of hydrogen-bond donors (Lipinski definition) is 0. The van der Waals surface area contributed by atoms with E-state index in [9.17, 15) is 4.79 Å². The van der Waals surface area contributed by atoms with Crippen molar-refractivity contribution in [2.24, 2.45) is 5.92 Å². The third-order valence-corrected chi connectivity index (χ3v) is 9.66. The third-order valence-electron chi connectivity index (χ3n) is 6.49. The van der Waals surface area contributed by atoms with Crippen molar-refractivity contribution in [1.82, 2.24) is 4.57 Å². The minimum absolute atomic E-state index is 0.146. The molecule has 1 heterocycles. The van der Waals surface area contributed by atoms with Crippen molar-refractivity contribution in [2.45, 2.75) is 84.3 Å². The summed E-state index contributed by atoms with van der Waals surface area (Å²) in [7, 11) is -1.20. The second kappa shape index (κ2) is 14.2. The number of benzene rings is 1. The van der Waals surface area contributed by atoms with Crippen molar-refractivity contribution in [3.05, 3.63) is 77.7 Å². The van der Waals surface area contributed by atoms with E-state index in [2.05, 4.69) is 68.4 Å². The van der Waals surface area contributed by atoms with Crippen LogP contribution < -0.4 is 4.46 Å². The molecule has 0 fully saturated rings. The van der Waals surface area contributed by atoms with Crippen LogP contribution in [-0.2, 0) is 21.7 Å². The van der Waals surface area contributed by atoms with E-state index in [0.717, 1.165) is 54.8 Å². The monoisotopic (exact) mass is 573 g/mol. The number of aryl methyl sites for hydroxylation is 1. The summed E-state index contributed by atoms with van der Waals surface area (Å²) in [5, 5.41) is 0. The summed E-state index contributed by atoms with van der Waals surface area (Å²) in [6.45, 7) is 12.7. The molecule has 1 aliphatic rings. The van der Waals surface area contributed by atoms with Crippen molar-refractivity contribution in [3.8, 4) is 0 Å². The number of carbonyl (C=O) groups is 1. The maximum atomic E-state index is 13.7. The summed E-state index contributed by atoms with van der Waals surface area (Å²) >= 11 is -0.377. The van der Waals surface area contributed by atoms with Gasteiger partial charge in [0.1, 0.15) is 0 Å². The average molecular weight is 573 g/mol. The SMILES string of the molecule is CC(C)[C@H]1/C=C\C/C=C\CCCCc2cc1c(C(=O)O[Se]c1ccccc1)n2COCC[Si](C)(C)C. The van der Waals surface area contributed by atoms with Crippen molar-refractivity contribution in [2.75, 3.05) is 6.61 Å². The molecule has 1 aromatic carbocycles. The Labute approximate surface area is 225 Å². The van der Waals surface area contributed by atoms with Gasteiger partial charge in [-0.25, -0.2) is 0 Å². The Morgan fingerprint density at radius 2 is 1.89 bits per heavy atom. The van der Waals surface area contributed by atoms with E-state index in [1.807, 2.05) is 30.3 Å². The number of allylic oxidation sites excluding steroid dienone is 4. The van der Waals surface area contributed by atoms with E-state index in [1.165, 1.54) is 5.69 Å². The number of aromatic nitrogens is 1. The molecular formula is C30H43NO3SeSi. The van der Waals surface area contributed by atoms with Crippen LogP contribution in [0.15, 0.2) is 60.7 Å². The van der Waals surface area contributed by atoms with Gasteiger partial charge in [0.2, 0.25) is 0 Å². The van der Waals surface area contributed by atoms with E-state index < -0.39 is 8.07 Å². The molecule has 0 aliphatic heterocycles. The molecule has 0 spiro atoms. The Morgan fingerprint density at radius 1 is 1.11 bits per heavy atom. The summed E-state index contributed by atoms with van der Waals surface area (Å²) in [5.41, 5.74) is 2.92. The fourth-order valence-electron chi connectivity index (χ4n) is 4.37. The van der Waals surface area contributed by atoms with Crippen LogP contribution in [0, 0.1) is 5.92 Å². The number of rotatable bonds is 9. The molecule has 36 heavy (non-hydrogen) atoms. The second-order valence-corrected chi connectivity index (χ2v) is 18.4. The molecule has 2 bridgehead atoms. The van der Waals surface area contributed by atoms with Crippen molar-refractivity contribution in [3.63, 3.8) is 0 Å². The normalized spacial score (nSPS) is 18.7. The van der Waals surface area contributed by atoms with Crippen LogP contribution >= 0.6 is 0 Å². The molecule has 0 saturated carbocycles. The zero-order chi connectivity index (χ0) is 26.0. The number of nitrogens with zero attached hydrogens (tertiary/aromatic N) is 1.